The molecule has 0 aromatic rings. The van der Waals surface area contributed by atoms with Gasteiger partial charge in [0, 0.05) is 20.6 Å². The average molecular weight is 170 g/mol. The first kappa shape index (κ1) is 8.52. The molecule has 2 saturated heterocycles. The molecule has 1 spiro atoms. The van der Waals surface area contributed by atoms with Crippen LogP contribution >= 0.6 is 0 Å². The normalized spacial score (nSPS) is 29.2. The highest BCUT2D eigenvalue weighted by Gasteiger charge is 2.43. The van der Waals surface area contributed by atoms with Crippen LogP contribution in [0.4, 0.5) is 0 Å². The number of hydrogen-bond acceptors (Lipinski definition) is 2. The second kappa shape index (κ2) is 3.00. The summed E-state index contributed by atoms with van der Waals surface area (Å²) in [5, 5.41) is 3.43. The zero-order valence-corrected chi connectivity index (χ0v) is 8.27. The summed E-state index contributed by atoms with van der Waals surface area (Å²) in [6, 6.07) is 0.755. The van der Waals surface area contributed by atoms with Gasteiger partial charge in [-0.25, -0.2) is 0 Å². The molecular formula is C10H22N2. The lowest BCUT2D eigenvalue weighted by Crippen LogP contribution is -2.61. The van der Waals surface area contributed by atoms with Gasteiger partial charge in [0.2, 0.25) is 0 Å². The van der Waals surface area contributed by atoms with Gasteiger partial charge in [-0.1, -0.05) is 0 Å². The Morgan fingerprint density at radius 2 is 1.83 bits per heavy atom. The fraction of sp³-hybridized carbons (Fsp3) is 1.00. The number of rotatable bonds is 1. The Kier molecular flexibility index (Phi) is 2.13. The molecule has 0 bridgehead atoms. The molecule has 0 radical (unpaired) electrons. The average Bonchev–Trinajstić information content (AvgIpc) is 2.01. The molecule has 0 unspecified atom stereocenters. The van der Waals surface area contributed by atoms with Crippen LogP contribution in [-0.4, -0.2) is 37.1 Å². The summed E-state index contributed by atoms with van der Waals surface area (Å²) in [5.41, 5.74) is 0.718. The predicted octanol–water partition coefficient (Wildman–Crippen LogP) is 1.33. The van der Waals surface area contributed by atoms with E-state index >= 15 is 0 Å². The molecule has 2 rings (SSSR count). The molecule has 12 heavy (non-hydrogen) atoms. The van der Waals surface area contributed by atoms with E-state index in [0.29, 0.717) is 0 Å². The van der Waals surface area contributed by atoms with Crippen molar-refractivity contribution < 1.29 is 1.43 Å². The quantitative estimate of drug-likeness (QED) is 0.638. The van der Waals surface area contributed by atoms with E-state index < -0.39 is 0 Å². The molecule has 0 aromatic carbocycles. The Morgan fingerprint density at radius 3 is 2.33 bits per heavy atom. The lowest BCUT2D eigenvalue weighted by Gasteiger charge is -2.54. The van der Waals surface area contributed by atoms with Crippen LogP contribution in [0.5, 0.6) is 0 Å². The van der Waals surface area contributed by atoms with Crippen molar-refractivity contribution in [1.29, 1.82) is 0 Å². The highest BCUT2D eigenvalue weighted by atomic mass is 15.2. The van der Waals surface area contributed by atoms with Gasteiger partial charge in [-0.2, -0.15) is 0 Å². The van der Waals surface area contributed by atoms with E-state index in [9.17, 15) is 0 Å². The van der Waals surface area contributed by atoms with Crippen molar-refractivity contribution in [3.05, 3.63) is 0 Å². The minimum atomic E-state index is 0. The SMILES string of the molecule is CC(C)N1CC2(CCNCC2)C1.[HH]. The molecule has 0 amide bonds. The number of hydrogen-bond donors (Lipinski definition) is 1. The van der Waals surface area contributed by atoms with Gasteiger partial charge in [0.05, 0.1) is 0 Å². The van der Waals surface area contributed by atoms with Crippen molar-refractivity contribution in [2.75, 3.05) is 26.2 Å². The first-order chi connectivity index (χ1) is 5.72. The first-order valence-electron chi connectivity index (χ1n) is 5.17. The van der Waals surface area contributed by atoms with Crippen molar-refractivity contribution in [3.8, 4) is 0 Å². The van der Waals surface area contributed by atoms with Gasteiger partial charge in [0.1, 0.15) is 0 Å². The molecule has 2 aliphatic heterocycles. The minimum absolute atomic E-state index is 0. The molecular weight excluding hydrogens is 148 g/mol. The Bertz CT molecular complexity index is 156. The number of likely N-dealkylation sites (tertiary alicyclic amines) is 1. The van der Waals surface area contributed by atoms with Crippen LogP contribution < -0.4 is 5.32 Å². The van der Waals surface area contributed by atoms with Crippen LogP contribution in [0, 0.1) is 5.41 Å². The maximum absolute atomic E-state index is 3.43. The highest BCUT2D eigenvalue weighted by Crippen LogP contribution is 2.39. The predicted molar refractivity (Wildman–Crippen MR) is 53.4 cm³/mol. The van der Waals surface area contributed by atoms with Gasteiger partial charge in [0.15, 0.2) is 0 Å². The zero-order chi connectivity index (χ0) is 8.60. The van der Waals surface area contributed by atoms with E-state index in [1.165, 1.54) is 39.0 Å². The fourth-order valence-corrected chi connectivity index (χ4v) is 2.45. The van der Waals surface area contributed by atoms with E-state index in [-0.39, 0.29) is 1.43 Å². The maximum atomic E-state index is 3.43. The van der Waals surface area contributed by atoms with Gasteiger partial charge in [-0.05, 0) is 45.2 Å². The Balaban J connectivity index is 0.000000845. The summed E-state index contributed by atoms with van der Waals surface area (Å²) in [5.74, 6) is 0. The summed E-state index contributed by atoms with van der Waals surface area (Å²) >= 11 is 0. The summed E-state index contributed by atoms with van der Waals surface area (Å²) < 4.78 is 0. The minimum Gasteiger partial charge on any atom is -0.317 e. The van der Waals surface area contributed by atoms with Crippen LogP contribution in [0.1, 0.15) is 28.1 Å². The van der Waals surface area contributed by atoms with Gasteiger partial charge in [-0.3, -0.25) is 4.90 Å². The second-order valence-electron chi connectivity index (χ2n) is 4.75. The molecule has 0 saturated carbocycles. The standard InChI is InChI=1S/C10H20N2.H2/c1-9(2)12-7-10(8-12)3-5-11-6-4-10;/h9,11H,3-8H2,1-2H3;1H. The summed E-state index contributed by atoms with van der Waals surface area (Å²) in [4.78, 5) is 2.59. The molecule has 0 aliphatic carbocycles. The van der Waals surface area contributed by atoms with Crippen molar-refractivity contribution >= 4 is 0 Å². The molecule has 2 heteroatoms. The van der Waals surface area contributed by atoms with E-state index in [4.69, 9.17) is 0 Å². The zero-order valence-electron chi connectivity index (χ0n) is 8.27. The number of piperidine rings is 1. The van der Waals surface area contributed by atoms with Gasteiger partial charge < -0.3 is 5.32 Å². The lowest BCUT2D eigenvalue weighted by molar-refractivity contribution is -0.0418. The van der Waals surface area contributed by atoms with Crippen molar-refractivity contribution in [3.63, 3.8) is 0 Å². The number of nitrogens with one attached hydrogen (secondary N) is 1. The molecule has 2 heterocycles. The summed E-state index contributed by atoms with van der Waals surface area (Å²) in [7, 11) is 0. The Labute approximate surface area is 76.8 Å². The summed E-state index contributed by atoms with van der Waals surface area (Å²) in [6.45, 7) is 9.79. The van der Waals surface area contributed by atoms with Crippen LogP contribution in [-0.2, 0) is 0 Å². The largest absolute Gasteiger partial charge is 0.317 e. The smallest absolute Gasteiger partial charge is 0.00541 e. The van der Waals surface area contributed by atoms with Crippen LogP contribution in [0.3, 0.4) is 0 Å². The van der Waals surface area contributed by atoms with Crippen LogP contribution in [0.15, 0.2) is 0 Å². The first-order valence-corrected chi connectivity index (χ1v) is 5.17. The maximum Gasteiger partial charge on any atom is 0.00541 e. The molecule has 2 fully saturated rings. The van der Waals surface area contributed by atoms with Crippen LogP contribution in [0.25, 0.3) is 0 Å². The molecule has 72 valence electrons. The summed E-state index contributed by atoms with van der Waals surface area (Å²) in [6.07, 6.45) is 2.80. The van der Waals surface area contributed by atoms with Crippen LogP contribution in [0.2, 0.25) is 0 Å². The van der Waals surface area contributed by atoms with Crippen molar-refractivity contribution in [1.82, 2.24) is 10.2 Å². The van der Waals surface area contributed by atoms with E-state index in [0.717, 1.165) is 11.5 Å². The van der Waals surface area contributed by atoms with Gasteiger partial charge in [-0.15, -0.1) is 0 Å². The molecule has 2 nitrogen and oxygen atoms in total. The number of nitrogens with zero attached hydrogens (tertiary/aromatic N) is 1. The fourth-order valence-electron chi connectivity index (χ4n) is 2.45. The van der Waals surface area contributed by atoms with E-state index in [2.05, 4.69) is 24.1 Å². The third-order valence-corrected chi connectivity index (χ3v) is 3.47. The van der Waals surface area contributed by atoms with E-state index in [1.54, 1.807) is 0 Å². The molecule has 0 aromatic heterocycles. The van der Waals surface area contributed by atoms with Crippen molar-refractivity contribution in [2.24, 2.45) is 5.41 Å². The molecule has 1 N–H and O–H groups in total. The topological polar surface area (TPSA) is 15.3 Å². The molecule has 0 atom stereocenters. The van der Waals surface area contributed by atoms with Crippen molar-refractivity contribution in [2.45, 2.75) is 32.7 Å². The third kappa shape index (κ3) is 1.38. The lowest BCUT2D eigenvalue weighted by atomic mass is 9.72. The van der Waals surface area contributed by atoms with E-state index in [1.807, 2.05) is 0 Å². The second-order valence-corrected chi connectivity index (χ2v) is 4.75. The molecule has 2 aliphatic rings. The third-order valence-electron chi connectivity index (χ3n) is 3.47. The Morgan fingerprint density at radius 1 is 1.25 bits per heavy atom. The van der Waals surface area contributed by atoms with Gasteiger partial charge >= 0.3 is 0 Å². The Hall–Kier alpha value is -0.0800. The highest BCUT2D eigenvalue weighted by molar-refractivity contribution is 4.98. The van der Waals surface area contributed by atoms with Gasteiger partial charge in [0.25, 0.3) is 0 Å². The monoisotopic (exact) mass is 170 g/mol.